The van der Waals surface area contributed by atoms with Gasteiger partial charge in [-0.15, -0.1) is 0 Å². The molecule has 2 N–H and O–H groups in total. The highest BCUT2D eigenvalue weighted by atomic mass is 16.5. The maximum atomic E-state index is 13.1. The molecule has 2 atom stereocenters. The molecule has 0 fully saturated rings. The fraction of sp³-hybridized carbons (Fsp3) is 0.440. The summed E-state index contributed by atoms with van der Waals surface area (Å²) in [6.07, 6.45) is 0.159. The van der Waals surface area contributed by atoms with Crippen LogP contribution >= 0.6 is 0 Å². The number of carbonyl (C=O) groups excluding carboxylic acids is 2. The van der Waals surface area contributed by atoms with Gasteiger partial charge in [0.25, 0.3) is 5.91 Å². The number of para-hydroxylation sites is 2. The first-order chi connectivity index (χ1) is 16.0. The Hall–Kier alpha value is -3.42. The summed E-state index contributed by atoms with van der Waals surface area (Å²) < 4.78 is 17.4. The van der Waals surface area contributed by atoms with Crippen LogP contribution in [0.25, 0.3) is 0 Å². The molecule has 0 radical (unpaired) electrons. The van der Waals surface area contributed by atoms with Crippen LogP contribution in [-0.2, 0) is 9.59 Å². The molecule has 8 heteroatoms. The van der Waals surface area contributed by atoms with Gasteiger partial charge in [0.1, 0.15) is 5.75 Å². The van der Waals surface area contributed by atoms with E-state index in [1.54, 1.807) is 7.05 Å². The van der Waals surface area contributed by atoms with Crippen molar-refractivity contribution in [2.24, 2.45) is 5.92 Å². The molecule has 0 bridgehead atoms. The summed E-state index contributed by atoms with van der Waals surface area (Å²) in [7, 11) is 1.58. The van der Waals surface area contributed by atoms with Crippen LogP contribution in [0, 0.1) is 5.92 Å². The molecular weight excluding hydrogens is 422 g/mol. The standard InChI is InChI=1S/C25H31N3O5/c1-16(2)24(17-9-10-20-21(13-17)32-12-6-11-31-20)27-23(29)15-28-14-22(25(30)26-3)33-19-8-5-4-7-18(19)28/h4-5,7-10,13,16,22,24H,6,11-12,14-15H2,1-3H3,(H,26,30)(H,27,29). The second kappa shape index (κ2) is 10.0. The average Bonchev–Trinajstić information content (AvgIpc) is 3.06. The molecule has 2 aromatic carbocycles. The van der Waals surface area contributed by atoms with E-state index in [4.69, 9.17) is 14.2 Å². The zero-order chi connectivity index (χ0) is 23.4. The Morgan fingerprint density at radius 2 is 1.82 bits per heavy atom. The number of nitrogens with zero attached hydrogens (tertiary/aromatic N) is 1. The van der Waals surface area contributed by atoms with E-state index in [9.17, 15) is 9.59 Å². The van der Waals surface area contributed by atoms with E-state index in [1.807, 2.05) is 47.4 Å². The van der Waals surface area contributed by atoms with E-state index in [0.717, 1.165) is 23.4 Å². The van der Waals surface area contributed by atoms with Gasteiger partial charge in [-0.1, -0.05) is 32.0 Å². The molecule has 176 valence electrons. The van der Waals surface area contributed by atoms with Crippen molar-refractivity contribution in [3.05, 3.63) is 48.0 Å². The summed E-state index contributed by atoms with van der Waals surface area (Å²) in [6, 6.07) is 13.1. The van der Waals surface area contributed by atoms with Gasteiger partial charge in [0, 0.05) is 13.5 Å². The molecule has 0 saturated heterocycles. The van der Waals surface area contributed by atoms with Crippen molar-refractivity contribution >= 4 is 17.5 Å². The van der Waals surface area contributed by atoms with Gasteiger partial charge in [-0.25, -0.2) is 0 Å². The summed E-state index contributed by atoms with van der Waals surface area (Å²) in [4.78, 5) is 27.3. The van der Waals surface area contributed by atoms with E-state index in [0.29, 0.717) is 31.3 Å². The third kappa shape index (κ3) is 5.16. The van der Waals surface area contributed by atoms with Crippen molar-refractivity contribution in [3.63, 3.8) is 0 Å². The van der Waals surface area contributed by atoms with Crippen LogP contribution in [0.15, 0.2) is 42.5 Å². The lowest BCUT2D eigenvalue weighted by atomic mass is 9.95. The minimum absolute atomic E-state index is 0.113. The highest BCUT2D eigenvalue weighted by molar-refractivity contribution is 5.86. The number of ether oxygens (including phenoxy) is 3. The highest BCUT2D eigenvalue weighted by Crippen LogP contribution is 2.35. The number of rotatable bonds is 6. The normalized spacial score (nSPS) is 17.9. The molecule has 33 heavy (non-hydrogen) atoms. The number of amides is 2. The number of hydrogen-bond donors (Lipinski definition) is 2. The van der Waals surface area contributed by atoms with E-state index >= 15 is 0 Å². The van der Waals surface area contributed by atoms with Gasteiger partial charge in [-0.05, 0) is 35.7 Å². The molecule has 0 aromatic heterocycles. The zero-order valence-corrected chi connectivity index (χ0v) is 19.3. The first-order valence-electron chi connectivity index (χ1n) is 11.4. The lowest BCUT2D eigenvalue weighted by molar-refractivity contribution is -0.128. The van der Waals surface area contributed by atoms with Crippen LogP contribution in [0.5, 0.6) is 17.2 Å². The van der Waals surface area contributed by atoms with E-state index in [1.165, 1.54) is 0 Å². The van der Waals surface area contributed by atoms with Crippen LogP contribution in [0.1, 0.15) is 31.9 Å². The third-order valence-electron chi connectivity index (χ3n) is 5.85. The van der Waals surface area contributed by atoms with E-state index in [2.05, 4.69) is 24.5 Å². The smallest absolute Gasteiger partial charge is 0.262 e. The zero-order valence-electron chi connectivity index (χ0n) is 19.3. The Morgan fingerprint density at radius 3 is 2.58 bits per heavy atom. The minimum atomic E-state index is -0.680. The molecule has 2 aliphatic rings. The first-order valence-corrected chi connectivity index (χ1v) is 11.4. The Balaban J connectivity index is 1.50. The van der Waals surface area contributed by atoms with Gasteiger partial charge in [0.15, 0.2) is 17.6 Å². The summed E-state index contributed by atoms with van der Waals surface area (Å²) in [5.74, 6) is 1.84. The molecule has 2 heterocycles. The summed E-state index contributed by atoms with van der Waals surface area (Å²) >= 11 is 0. The largest absolute Gasteiger partial charge is 0.490 e. The lowest BCUT2D eigenvalue weighted by Crippen LogP contribution is -2.51. The Kier molecular flexibility index (Phi) is 6.91. The number of anilines is 1. The fourth-order valence-electron chi connectivity index (χ4n) is 4.15. The molecule has 4 rings (SSSR count). The van der Waals surface area contributed by atoms with Crippen LogP contribution < -0.4 is 29.7 Å². The summed E-state index contributed by atoms with van der Waals surface area (Å²) in [5.41, 5.74) is 1.76. The van der Waals surface area contributed by atoms with Crippen molar-refractivity contribution in [2.45, 2.75) is 32.4 Å². The molecule has 2 aromatic rings. The van der Waals surface area contributed by atoms with Crippen LogP contribution in [0.4, 0.5) is 5.69 Å². The summed E-state index contributed by atoms with van der Waals surface area (Å²) in [5, 5.41) is 5.80. The van der Waals surface area contributed by atoms with Gasteiger partial charge < -0.3 is 29.7 Å². The van der Waals surface area contributed by atoms with Crippen molar-refractivity contribution < 1.29 is 23.8 Å². The molecule has 2 aliphatic heterocycles. The number of carbonyl (C=O) groups is 2. The van der Waals surface area contributed by atoms with Crippen molar-refractivity contribution in [2.75, 3.05) is 38.3 Å². The molecule has 0 spiro atoms. The predicted molar refractivity (Wildman–Crippen MR) is 125 cm³/mol. The number of benzene rings is 2. The highest BCUT2D eigenvalue weighted by Gasteiger charge is 2.31. The third-order valence-corrected chi connectivity index (χ3v) is 5.85. The Bertz CT molecular complexity index is 1010. The molecular formula is C25H31N3O5. The van der Waals surface area contributed by atoms with Crippen molar-refractivity contribution in [1.29, 1.82) is 0 Å². The number of hydrogen-bond acceptors (Lipinski definition) is 6. The lowest BCUT2D eigenvalue weighted by Gasteiger charge is -2.35. The monoisotopic (exact) mass is 453 g/mol. The van der Waals surface area contributed by atoms with Crippen LogP contribution in [-0.4, -0.2) is 51.3 Å². The topological polar surface area (TPSA) is 89.1 Å². The maximum Gasteiger partial charge on any atom is 0.262 e. The van der Waals surface area contributed by atoms with Gasteiger partial charge in [0.2, 0.25) is 5.91 Å². The van der Waals surface area contributed by atoms with E-state index < -0.39 is 6.10 Å². The molecule has 8 nitrogen and oxygen atoms in total. The molecule has 0 aliphatic carbocycles. The van der Waals surface area contributed by atoms with Gasteiger partial charge >= 0.3 is 0 Å². The van der Waals surface area contributed by atoms with E-state index in [-0.39, 0.29) is 30.3 Å². The number of nitrogens with one attached hydrogen (secondary N) is 2. The average molecular weight is 454 g/mol. The minimum Gasteiger partial charge on any atom is -0.490 e. The Labute approximate surface area is 194 Å². The predicted octanol–water partition coefficient (Wildman–Crippen LogP) is 2.67. The number of likely N-dealkylation sites (N-methyl/N-ethyl adjacent to an activating group) is 1. The van der Waals surface area contributed by atoms with Crippen LogP contribution in [0.3, 0.4) is 0 Å². The van der Waals surface area contributed by atoms with Gasteiger partial charge in [-0.2, -0.15) is 0 Å². The first kappa shape index (κ1) is 22.8. The maximum absolute atomic E-state index is 13.1. The fourth-order valence-corrected chi connectivity index (χ4v) is 4.15. The molecule has 2 unspecified atom stereocenters. The van der Waals surface area contributed by atoms with Crippen molar-refractivity contribution in [3.8, 4) is 17.2 Å². The van der Waals surface area contributed by atoms with Crippen molar-refractivity contribution in [1.82, 2.24) is 10.6 Å². The van der Waals surface area contributed by atoms with Gasteiger partial charge in [0.05, 0.1) is 38.0 Å². The second-order valence-corrected chi connectivity index (χ2v) is 8.61. The quantitative estimate of drug-likeness (QED) is 0.699. The Morgan fingerprint density at radius 1 is 1.06 bits per heavy atom. The second-order valence-electron chi connectivity index (χ2n) is 8.61. The summed E-state index contributed by atoms with van der Waals surface area (Å²) in [6.45, 7) is 5.79. The SMILES string of the molecule is CNC(=O)C1CN(CC(=O)NC(c2ccc3c(c2)OCCCO3)C(C)C)c2ccccc2O1. The molecule has 2 amide bonds. The van der Waals surface area contributed by atoms with Gasteiger partial charge in [-0.3, -0.25) is 9.59 Å². The molecule has 0 saturated carbocycles. The number of fused-ring (bicyclic) bond motifs is 2. The van der Waals surface area contributed by atoms with Crippen LogP contribution in [0.2, 0.25) is 0 Å².